The molecule has 1 atom stereocenters. The second-order valence-corrected chi connectivity index (χ2v) is 7.42. The molecule has 4 amide bonds. The summed E-state index contributed by atoms with van der Waals surface area (Å²) >= 11 is 0. The van der Waals surface area contributed by atoms with Crippen LogP contribution in [-0.2, 0) is 27.4 Å². The molecule has 3 aliphatic rings. The van der Waals surface area contributed by atoms with E-state index in [4.69, 9.17) is 4.74 Å². The molecule has 0 aromatic heterocycles. The van der Waals surface area contributed by atoms with Crippen molar-refractivity contribution >= 4 is 23.8 Å². The fourth-order valence-electron chi connectivity index (χ4n) is 3.45. The van der Waals surface area contributed by atoms with Crippen molar-refractivity contribution in [2.45, 2.75) is 44.8 Å². The molecular weight excluding hydrogens is 374 g/mol. The molecule has 1 saturated heterocycles. The van der Waals surface area contributed by atoms with E-state index in [0.29, 0.717) is 24.4 Å². The number of nitrogens with zero attached hydrogens (tertiary/aromatic N) is 1. The molecule has 4 rings (SSSR count). The lowest BCUT2D eigenvalue weighted by Crippen LogP contribution is -2.52. The van der Waals surface area contributed by atoms with Crippen molar-refractivity contribution in [2.24, 2.45) is 5.92 Å². The summed E-state index contributed by atoms with van der Waals surface area (Å²) in [7, 11) is 0. The molecule has 0 radical (unpaired) electrons. The maximum Gasteiger partial charge on any atom is 0.408 e. The van der Waals surface area contributed by atoms with Crippen LogP contribution in [0.3, 0.4) is 0 Å². The Hall–Kier alpha value is -3.34. The molecule has 2 aliphatic heterocycles. The topological polar surface area (TPSA) is 105 Å². The minimum Gasteiger partial charge on any atom is -0.436 e. The van der Waals surface area contributed by atoms with E-state index in [0.717, 1.165) is 24.0 Å². The lowest BCUT2D eigenvalue weighted by Gasteiger charge is -2.29. The van der Waals surface area contributed by atoms with Gasteiger partial charge in [0.2, 0.25) is 11.8 Å². The van der Waals surface area contributed by atoms with Crippen LogP contribution in [0.15, 0.2) is 18.2 Å². The third kappa shape index (κ3) is 4.40. The van der Waals surface area contributed by atoms with Crippen LogP contribution < -0.4 is 10.6 Å². The maximum atomic E-state index is 12.8. The number of piperidine rings is 1. The van der Waals surface area contributed by atoms with Crippen LogP contribution in [0.4, 0.5) is 4.79 Å². The lowest BCUT2D eigenvalue weighted by atomic mass is 10.0. The van der Waals surface area contributed by atoms with Crippen molar-refractivity contribution in [1.82, 2.24) is 15.5 Å². The number of fused-ring (bicyclic) bond motifs is 1. The highest BCUT2D eigenvalue weighted by atomic mass is 16.5. The Balaban J connectivity index is 1.33. The van der Waals surface area contributed by atoms with E-state index < -0.39 is 18.0 Å². The second kappa shape index (κ2) is 7.95. The third-order valence-corrected chi connectivity index (χ3v) is 5.19. The summed E-state index contributed by atoms with van der Waals surface area (Å²) in [6.45, 7) is 0.607. The highest BCUT2D eigenvalue weighted by molar-refractivity contribution is 6.05. The fraction of sp³-hybridized carbons (Fsp3) is 0.429. The molecule has 0 spiro atoms. The van der Waals surface area contributed by atoms with Crippen LogP contribution in [0.25, 0.3) is 0 Å². The molecule has 1 saturated carbocycles. The zero-order valence-electron chi connectivity index (χ0n) is 15.8. The van der Waals surface area contributed by atoms with Gasteiger partial charge in [-0.15, -0.1) is 0 Å². The van der Waals surface area contributed by atoms with Crippen molar-refractivity contribution in [2.75, 3.05) is 6.61 Å². The second-order valence-electron chi connectivity index (χ2n) is 7.42. The Labute approximate surface area is 168 Å². The van der Waals surface area contributed by atoms with Crippen molar-refractivity contribution in [3.05, 3.63) is 34.9 Å². The molecule has 29 heavy (non-hydrogen) atoms. The van der Waals surface area contributed by atoms with Crippen molar-refractivity contribution < 1.29 is 23.9 Å². The number of hydrogen-bond acceptors (Lipinski definition) is 5. The highest BCUT2D eigenvalue weighted by Gasteiger charge is 2.39. The molecule has 8 heteroatoms. The van der Waals surface area contributed by atoms with E-state index >= 15 is 0 Å². The molecule has 2 fully saturated rings. The maximum absolute atomic E-state index is 12.8. The summed E-state index contributed by atoms with van der Waals surface area (Å²) in [6, 6.07) is 4.73. The van der Waals surface area contributed by atoms with Gasteiger partial charge in [-0.2, -0.15) is 0 Å². The Morgan fingerprint density at radius 1 is 1.24 bits per heavy atom. The van der Waals surface area contributed by atoms with E-state index in [1.807, 2.05) is 12.1 Å². The Bertz CT molecular complexity index is 941. The molecular formula is C21H21N3O5. The minimum atomic E-state index is -0.638. The summed E-state index contributed by atoms with van der Waals surface area (Å²) in [6.07, 6.45) is 2.23. The number of benzene rings is 1. The summed E-state index contributed by atoms with van der Waals surface area (Å²) in [5.41, 5.74) is 2.09. The number of hydrogen-bond donors (Lipinski definition) is 2. The van der Waals surface area contributed by atoms with Gasteiger partial charge in [0.05, 0.1) is 0 Å². The van der Waals surface area contributed by atoms with E-state index in [1.54, 1.807) is 6.07 Å². The number of carbonyl (C=O) groups is 4. The summed E-state index contributed by atoms with van der Waals surface area (Å²) in [5.74, 6) is 5.31. The van der Waals surface area contributed by atoms with Crippen molar-refractivity contribution in [3.63, 3.8) is 0 Å². The third-order valence-electron chi connectivity index (χ3n) is 5.19. The highest BCUT2D eigenvalue weighted by Crippen LogP contribution is 2.28. The van der Waals surface area contributed by atoms with Crippen LogP contribution in [0.1, 0.15) is 47.2 Å². The van der Waals surface area contributed by atoms with Gasteiger partial charge in [-0.3, -0.25) is 19.7 Å². The first-order chi connectivity index (χ1) is 14.0. The minimum absolute atomic E-state index is 0.0614. The molecule has 2 heterocycles. The van der Waals surface area contributed by atoms with Crippen LogP contribution in [-0.4, -0.2) is 41.4 Å². The molecule has 0 bridgehead atoms. The van der Waals surface area contributed by atoms with E-state index in [9.17, 15) is 19.2 Å². The van der Waals surface area contributed by atoms with E-state index in [2.05, 4.69) is 22.5 Å². The zero-order chi connectivity index (χ0) is 20.4. The quantitative estimate of drug-likeness (QED) is 0.587. The van der Waals surface area contributed by atoms with Gasteiger partial charge >= 0.3 is 6.09 Å². The van der Waals surface area contributed by atoms with Crippen LogP contribution in [0.5, 0.6) is 0 Å². The van der Waals surface area contributed by atoms with E-state index in [1.165, 1.54) is 4.90 Å². The van der Waals surface area contributed by atoms with Gasteiger partial charge in [0.15, 0.2) is 6.61 Å². The average molecular weight is 395 g/mol. The number of imide groups is 1. The number of rotatable bonds is 4. The van der Waals surface area contributed by atoms with Gasteiger partial charge in [0.1, 0.15) is 6.04 Å². The zero-order valence-corrected chi connectivity index (χ0v) is 15.8. The Morgan fingerprint density at radius 2 is 2.07 bits per heavy atom. The van der Waals surface area contributed by atoms with E-state index in [-0.39, 0.29) is 31.4 Å². The largest absolute Gasteiger partial charge is 0.436 e. The van der Waals surface area contributed by atoms with Gasteiger partial charge in [-0.1, -0.05) is 24.0 Å². The van der Waals surface area contributed by atoms with Crippen LogP contribution in [0.2, 0.25) is 0 Å². The van der Waals surface area contributed by atoms with Gasteiger partial charge in [-0.05, 0) is 36.5 Å². The van der Waals surface area contributed by atoms with Gasteiger partial charge in [0, 0.05) is 31.0 Å². The van der Waals surface area contributed by atoms with Crippen molar-refractivity contribution in [1.29, 1.82) is 0 Å². The fourth-order valence-corrected chi connectivity index (χ4v) is 3.45. The number of carbonyl (C=O) groups excluding carboxylic acids is 4. The summed E-state index contributed by atoms with van der Waals surface area (Å²) < 4.78 is 5.00. The predicted molar refractivity (Wildman–Crippen MR) is 101 cm³/mol. The number of amides is 4. The van der Waals surface area contributed by atoms with Gasteiger partial charge < -0.3 is 15.0 Å². The van der Waals surface area contributed by atoms with Gasteiger partial charge in [-0.25, -0.2) is 4.79 Å². The van der Waals surface area contributed by atoms with Crippen molar-refractivity contribution in [3.8, 4) is 11.8 Å². The molecule has 1 aliphatic carbocycles. The first kappa shape index (κ1) is 19.0. The Kier molecular flexibility index (Phi) is 5.21. The number of ether oxygens (including phenoxy) is 1. The normalized spacial score (nSPS) is 20.5. The summed E-state index contributed by atoms with van der Waals surface area (Å²) in [5, 5.41) is 4.93. The summed E-state index contributed by atoms with van der Waals surface area (Å²) in [4.78, 5) is 49.4. The molecule has 1 unspecified atom stereocenters. The molecule has 150 valence electrons. The molecule has 1 aromatic carbocycles. The first-order valence-corrected chi connectivity index (χ1v) is 9.67. The first-order valence-electron chi connectivity index (χ1n) is 9.67. The lowest BCUT2D eigenvalue weighted by molar-refractivity contribution is -0.136. The number of alkyl carbamates (subject to hydrolysis) is 1. The molecule has 8 nitrogen and oxygen atoms in total. The standard InChI is InChI=1S/C21H21N3O5/c25-18-8-7-17(19(26)23-18)24-12-15-6-5-14(10-16(15)20(24)27)11-22-21(28)29-9-1-2-13-3-4-13/h5-6,10,13,17H,3-4,7-9,11-12H2,(H,22,28)(H,23,25,26). The Morgan fingerprint density at radius 3 is 2.83 bits per heavy atom. The molecule has 2 N–H and O–H groups in total. The van der Waals surface area contributed by atoms with Crippen LogP contribution >= 0.6 is 0 Å². The van der Waals surface area contributed by atoms with Crippen LogP contribution in [0, 0.1) is 17.8 Å². The monoisotopic (exact) mass is 395 g/mol. The smallest absolute Gasteiger partial charge is 0.408 e. The molecule has 1 aromatic rings. The average Bonchev–Trinajstić information content (AvgIpc) is 3.47. The SMILES string of the molecule is O=C1CCC(N2Cc3ccc(CNC(=O)OCC#CC4CC4)cc3C2=O)C(=O)N1. The van der Waals surface area contributed by atoms with Gasteiger partial charge in [0.25, 0.3) is 5.91 Å². The number of nitrogens with one attached hydrogen (secondary N) is 2. The predicted octanol–water partition coefficient (Wildman–Crippen LogP) is 1.09.